The fourth-order valence-electron chi connectivity index (χ4n) is 4.09. The van der Waals surface area contributed by atoms with Gasteiger partial charge in [-0.3, -0.25) is 4.90 Å². The van der Waals surface area contributed by atoms with E-state index < -0.39 is 0 Å². The lowest BCUT2D eigenvalue weighted by Crippen LogP contribution is -2.25. The molecule has 1 aliphatic heterocycles. The van der Waals surface area contributed by atoms with E-state index in [0.29, 0.717) is 0 Å². The average Bonchev–Trinajstić information content (AvgIpc) is 2.79. The van der Waals surface area contributed by atoms with Crippen LogP contribution in [-0.4, -0.2) is 18.0 Å². The van der Waals surface area contributed by atoms with Gasteiger partial charge in [-0.1, -0.05) is 92.7 Å². The molecule has 148 valence electrons. The van der Waals surface area contributed by atoms with Crippen LogP contribution in [0, 0.1) is 0 Å². The van der Waals surface area contributed by atoms with E-state index >= 15 is 0 Å². The van der Waals surface area contributed by atoms with Gasteiger partial charge in [0.15, 0.2) is 0 Å². The first-order chi connectivity index (χ1) is 14.3. The second-order valence-corrected chi connectivity index (χ2v) is 7.65. The molecule has 0 fully saturated rings. The Morgan fingerprint density at radius 1 is 0.759 bits per heavy atom. The topological polar surface area (TPSA) is 6.48 Å². The Morgan fingerprint density at radius 2 is 1.45 bits per heavy atom. The van der Waals surface area contributed by atoms with E-state index in [2.05, 4.69) is 109 Å². The van der Waals surface area contributed by atoms with Gasteiger partial charge in [-0.15, -0.1) is 0 Å². The van der Waals surface area contributed by atoms with E-state index in [1.54, 1.807) is 0 Å². The molecule has 0 amide bonds. The van der Waals surface area contributed by atoms with Gasteiger partial charge in [-0.05, 0) is 47.8 Å². The zero-order chi connectivity index (χ0) is 20.1. The first kappa shape index (κ1) is 19.5. The van der Waals surface area contributed by atoms with Gasteiger partial charge in [0, 0.05) is 24.5 Å². The van der Waals surface area contributed by atoms with Gasteiger partial charge in [-0.2, -0.15) is 0 Å². The molecular weight excluding hydrogens is 352 g/mol. The number of rotatable bonds is 7. The van der Waals surface area contributed by atoms with Crippen molar-refractivity contribution in [1.82, 2.24) is 4.90 Å². The number of hydrogen-bond donors (Lipinski definition) is 0. The van der Waals surface area contributed by atoms with Gasteiger partial charge in [-0.25, -0.2) is 0 Å². The van der Waals surface area contributed by atoms with E-state index in [-0.39, 0.29) is 0 Å². The Labute approximate surface area is 175 Å². The third-order valence-electron chi connectivity index (χ3n) is 5.82. The first-order valence-corrected chi connectivity index (χ1v) is 10.7. The van der Waals surface area contributed by atoms with E-state index in [4.69, 9.17) is 0 Å². The number of fused-ring (bicyclic) bond motifs is 1. The number of allylic oxidation sites excluding steroid dienone is 1. The lowest BCUT2D eigenvalue weighted by molar-refractivity contribution is 0.296. The molecule has 3 aromatic rings. The molecule has 2 heteroatoms. The molecule has 0 saturated heterocycles. The maximum Gasteiger partial charge on any atom is 0.0481 e. The summed E-state index contributed by atoms with van der Waals surface area (Å²) in [6, 6.07) is 28.7. The van der Waals surface area contributed by atoms with Gasteiger partial charge >= 0.3 is 0 Å². The molecule has 0 aromatic heterocycles. The highest BCUT2D eigenvalue weighted by Crippen LogP contribution is 2.35. The quantitative estimate of drug-likeness (QED) is 0.485. The minimum absolute atomic E-state index is 0.880. The zero-order valence-corrected chi connectivity index (χ0v) is 17.5. The number of benzene rings is 3. The second kappa shape index (κ2) is 9.11. The van der Waals surface area contributed by atoms with Crippen LogP contribution in [0.1, 0.15) is 36.1 Å². The highest BCUT2D eigenvalue weighted by molar-refractivity contribution is 5.83. The third kappa shape index (κ3) is 4.44. The third-order valence-corrected chi connectivity index (χ3v) is 5.82. The number of nitrogens with zero attached hydrogens (tertiary/aromatic N) is 2. The first-order valence-electron chi connectivity index (χ1n) is 10.7. The molecule has 1 heterocycles. The molecule has 0 N–H and O–H groups in total. The van der Waals surface area contributed by atoms with Crippen LogP contribution in [0.5, 0.6) is 0 Å². The predicted molar refractivity (Wildman–Crippen MR) is 124 cm³/mol. The van der Waals surface area contributed by atoms with Crippen molar-refractivity contribution in [2.24, 2.45) is 0 Å². The van der Waals surface area contributed by atoms with Crippen molar-refractivity contribution in [3.05, 3.63) is 107 Å². The SMILES string of the molecule is CCN(CC)Cc1ccc(C2=CCc3ccccc3N2Cc2ccccc2)cc1. The summed E-state index contributed by atoms with van der Waals surface area (Å²) in [5.74, 6) is 0. The highest BCUT2D eigenvalue weighted by atomic mass is 15.1. The van der Waals surface area contributed by atoms with Crippen molar-refractivity contribution in [1.29, 1.82) is 0 Å². The van der Waals surface area contributed by atoms with E-state index in [1.165, 1.54) is 33.6 Å². The molecule has 0 aliphatic carbocycles. The Morgan fingerprint density at radius 3 is 2.17 bits per heavy atom. The largest absolute Gasteiger partial charge is 0.337 e. The molecule has 1 aliphatic rings. The van der Waals surface area contributed by atoms with Crippen LogP contribution in [-0.2, 0) is 19.5 Å². The molecule has 0 atom stereocenters. The van der Waals surface area contributed by atoms with Crippen molar-refractivity contribution >= 4 is 11.4 Å². The summed E-state index contributed by atoms with van der Waals surface area (Å²) < 4.78 is 0. The average molecular weight is 383 g/mol. The van der Waals surface area contributed by atoms with Crippen LogP contribution in [0.2, 0.25) is 0 Å². The van der Waals surface area contributed by atoms with Crippen molar-refractivity contribution in [2.75, 3.05) is 18.0 Å². The molecule has 0 bridgehead atoms. The van der Waals surface area contributed by atoms with Crippen LogP contribution in [0.25, 0.3) is 5.70 Å². The Balaban J connectivity index is 1.63. The molecule has 3 aromatic carbocycles. The van der Waals surface area contributed by atoms with E-state index in [9.17, 15) is 0 Å². The van der Waals surface area contributed by atoms with Gasteiger partial charge in [0.25, 0.3) is 0 Å². The lowest BCUT2D eigenvalue weighted by atomic mass is 9.97. The molecule has 2 nitrogen and oxygen atoms in total. The number of para-hydroxylation sites is 1. The van der Waals surface area contributed by atoms with Crippen molar-refractivity contribution in [3.8, 4) is 0 Å². The molecule has 4 rings (SSSR count). The van der Waals surface area contributed by atoms with Crippen LogP contribution < -0.4 is 4.90 Å². The molecule has 0 saturated carbocycles. The summed E-state index contributed by atoms with van der Waals surface area (Å²) >= 11 is 0. The smallest absolute Gasteiger partial charge is 0.0481 e. The van der Waals surface area contributed by atoms with Crippen LogP contribution in [0.4, 0.5) is 5.69 Å². The summed E-state index contributed by atoms with van der Waals surface area (Å²) in [6.45, 7) is 8.52. The number of anilines is 1. The zero-order valence-electron chi connectivity index (χ0n) is 17.5. The maximum atomic E-state index is 2.47. The van der Waals surface area contributed by atoms with E-state index in [1.807, 2.05) is 0 Å². The second-order valence-electron chi connectivity index (χ2n) is 7.65. The molecular formula is C27H30N2. The lowest BCUT2D eigenvalue weighted by Gasteiger charge is -2.33. The minimum atomic E-state index is 0.880. The van der Waals surface area contributed by atoms with Crippen molar-refractivity contribution < 1.29 is 0 Å². The summed E-state index contributed by atoms with van der Waals surface area (Å²) in [7, 11) is 0. The molecule has 0 radical (unpaired) electrons. The van der Waals surface area contributed by atoms with Gasteiger partial charge in [0.2, 0.25) is 0 Å². The van der Waals surface area contributed by atoms with Crippen LogP contribution in [0.3, 0.4) is 0 Å². The van der Waals surface area contributed by atoms with Crippen molar-refractivity contribution in [2.45, 2.75) is 33.4 Å². The van der Waals surface area contributed by atoms with Gasteiger partial charge < -0.3 is 4.90 Å². The molecule has 0 spiro atoms. The summed E-state index contributed by atoms with van der Waals surface area (Å²) in [5, 5.41) is 0. The Bertz CT molecular complexity index is 953. The summed E-state index contributed by atoms with van der Waals surface area (Å²) in [4.78, 5) is 4.92. The van der Waals surface area contributed by atoms with Crippen LogP contribution >= 0.6 is 0 Å². The standard InChI is InChI=1S/C27H30N2/c1-3-28(4-2)20-23-14-16-25(17-15-23)27-19-18-24-12-8-9-13-26(24)29(27)21-22-10-6-5-7-11-22/h5-17,19H,3-4,18,20-21H2,1-2H3. The van der Waals surface area contributed by atoms with Gasteiger partial charge in [0.1, 0.15) is 0 Å². The molecule has 29 heavy (non-hydrogen) atoms. The normalized spacial score (nSPS) is 13.3. The predicted octanol–water partition coefficient (Wildman–Crippen LogP) is 6.13. The highest BCUT2D eigenvalue weighted by Gasteiger charge is 2.21. The summed E-state index contributed by atoms with van der Waals surface area (Å²) in [5.41, 5.74) is 8.02. The minimum Gasteiger partial charge on any atom is -0.337 e. The number of hydrogen-bond acceptors (Lipinski definition) is 2. The monoisotopic (exact) mass is 382 g/mol. The molecule has 0 unspecified atom stereocenters. The Hall–Kier alpha value is -2.84. The maximum absolute atomic E-state index is 2.47. The van der Waals surface area contributed by atoms with Crippen LogP contribution in [0.15, 0.2) is 84.9 Å². The Kier molecular flexibility index (Phi) is 6.12. The van der Waals surface area contributed by atoms with Gasteiger partial charge in [0.05, 0.1) is 0 Å². The van der Waals surface area contributed by atoms with Crippen molar-refractivity contribution in [3.63, 3.8) is 0 Å². The summed E-state index contributed by atoms with van der Waals surface area (Å²) in [6.07, 6.45) is 3.36. The van der Waals surface area contributed by atoms with E-state index in [0.717, 1.165) is 32.6 Å². The fourth-order valence-corrected chi connectivity index (χ4v) is 4.09. The fraction of sp³-hybridized carbons (Fsp3) is 0.259.